The van der Waals surface area contributed by atoms with Crippen LogP contribution < -0.4 is 10.2 Å². The van der Waals surface area contributed by atoms with E-state index in [2.05, 4.69) is 22.1 Å². The van der Waals surface area contributed by atoms with Gasteiger partial charge >= 0.3 is 0 Å². The molecule has 3 N–H and O–H groups in total. The molecule has 29 heavy (non-hydrogen) atoms. The van der Waals surface area contributed by atoms with Gasteiger partial charge in [0.25, 0.3) is 5.92 Å². The van der Waals surface area contributed by atoms with Gasteiger partial charge in [0.05, 0.1) is 5.52 Å². The molecular formula is C21H29F2N5O. The van der Waals surface area contributed by atoms with E-state index in [4.69, 9.17) is 9.97 Å². The van der Waals surface area contributed by atoms with E-state index >= 15 is 0 Å². The normalized spacial score (nSPS) is 29.8. The van der Waals surface area contributed by atoms with E-state index in [1.54, 1.807) is 0 Å². The predicted octanol–water partition coefficient (Wildman–Crippen LogP) is 3.79. The monoisotopic (exact) mass is 405 g/mol. The van der Waals surface area contributed by atoms with E-state index in [-0.39, 0.29) is 19.1 Å². The Kier molecular flexibility index (Phi) is 4.46. The van der Waals surface area contributed by atoms with Crippen molar-refractivity contribution in [2.45, 2.75) is 57.4 Å². The molecule has 5 rings (SSSR count). The maximum Gasteiger partial charge on any atom is 0.254 e. The summed E-state index contributed by atoms with van der Waals surface area (Å²) < 4.78 is 27.0. The average molecular weight is 405 g/mol. The first-order valence-corrected chi connectivity index (χ1v) is 10.7. The van der Waals surface area contributed by atoms with Crippen LogP contribution in [0.15, 0.2) is 12.3 Å². The predicted molar refractivity (Wildman–Crippen MR) is 108 cm³/mol. The van der Waals surface area contributed by atoms with Crippen molar-refractivity contribution in [3.63, 3.8) is 0 Å². The third kappa shape index (κ3) is 3.35. The summed E-state index contributed by atoms with van der Waals surface area (Å²) in [7, 11) is 0. The minimum absolute atomic E-state index is 0.0367. The van der Waals surface area contributed by atoms with Gasteiger partial charge in [-0.25, -0.2) is 13.8 Å². The summed E-state index contributed by atoms with van der Waals surface area (Å²) in [6.07, 6.45) is 6.10. The van der Waals surface area contributed by atoms with Crippen LogP contribution in [0.25, 0.3) is 11.0 Å². The quantitative estimate of drug-likeness (QED) is 0.682. The Morgan fingerprint density at radius 3 is 2.69 bits per heavy atom. The fraction of sp³-hybridized carbons (Fsp3) is 0.714. The number of aromatic nitrogens is 3. The molecule has 0 radical (unpaired) electrons. The van der Waals surface area contributed by atoms with Crippen molar-refractivity contribution in [2.75, 3.05) is 29.9 Å². The van der Waals surface area contributed by atoms with Crippen LogP contribution in [0.1, 0.15) is 45.4 Å². The van der Waals surface area contributed by atoms with Gasteiger partial charge in [0.2, 0.25) is 5.95 Å². The minimum atomic E-state index is -2.47. The molecule has 1 atom stereocenters. The molecule has 0 aromatic carbocycles. The molecule has 8 heteroatoms. The van der Waals surface area contributed by atoms with Crippen LogP contribution in [0.5, 0.6) is 0 Å². The number of H-pyrrole nitrogens is 1. The van der Waals surface area contributed by atoms with Gasteiger partial charge in [-0.15, -0.1) is 0 Å². The number of anilines is 2. The number of hydrogen-bond acceptors (Lipinski definition) is 5. The van der Waals surface area contributed by atoms with Gasteiger partial charge in [-0.3, -0.25) is 0 Å². The number of alkyl halides is 2. The van der Waals surface area contributed by atoms with Crippen molar-refractivity contribution in [1.82, 2.24) is 15.0 Å². The van der Waals surface area contributed by atoms with Crippen molar-refractivity contribution in [2.24, 2.45) is 17.3 Å². The molecule has 2 aromatic heterocycles. The zero-order chi connectivity index (χ0) is 20.2. The first-order chi connectivity index (χ1) is 13.9. The number of nitrogens with one attached hydrogen (secondary N) is 2. The summed E-state index contributed by atoms with van der Waals surface area (Å²) in [5, 5.41) is 12.7. The fourth-order valence-electron chi connectivity index (χ4n) is 5.19. The lowest BCUT2D eigenvalue weighted by Gasteiger charge is -2.37. The van der Waals surface area contributed by atoms with E-state index in [9.17, 15) is 13.9 Å². The highest BCUT2D eigenvalue weighted by molar-refractivity contribution is 5.87. The van der Waals surface area contributed by atoms with Crippen LogP contribution in [-0.4, -0.2) is 51.7 Å². The van der Waals surface area contributed by atoms with Crippen molar-refractivity contribution in [1.29, 1.82) is 0 Å². The molecule has 3 heterocycles. The second kappa shape index (κ2) is 6.79. The standard InChI is InChI=1S/C21H29F2N5O/c1-13(11-29)8-14-3-6-28(7-4-14)19-26-16-2-5-24-17(16)18(27-19)25-15-9-20(10-15)12-21(20,22)23/h2,5,13-15,24,29H,3-4,6-12H2,1H3,(H,25,26,27). The van der Waals surface area contributed by atoms with Crippen LogP contribution in [0.4, 0.5) is 20.5 Å². The Labute approximate surface area is 169 Å². The Hall–Kier alpha value is -1.96. The molecule has 2 saturated carbocycles. The van der Waals surface area contributed by atoms with Gasteiger partial charge in [-0.05, 0) is 50.0 Å². The number of hydrogen-bond donors (Lipinski definition) is 3. The maximum atomic E-state index is 13.5. The number of aliphatic hydroxyl groups excluding tert-OH is 1. The summed E-state index contributed by atoms with van der Waals surface area (Å²) in [4.78, 5) is 14.9. The number of aromatic amines is 1. The molecule has 1 saturated heterocycles. The second-order valence-corrected chi connectivity index (χ2v) is 9.48. The molecule has 158 valence electrons. The smallest absolute Gasteiger partial charge is 0.254 e. The van der Waals surface area contributed by atoms with Crippen molar-refractivity contribution in [3.05, 3.63) is 12.3 Å². The first kappa shape index (κ1) is 19.0. The molecule has 1 aliphatic heterocycles. The number of aliphatic hydroxyl groups is 1. The number of rotatable bonds is 6. The molecule has 2 aliphatic carbocycles. The second-order valence-electron chi connectivity index (χ2n) is 9.48. The Morgan fingerprint density at radius 2 is 2.03 bits per heavy atom. The zero-order valence-corrected chi connectivity index (χ0v) is 16.8. The van der Waals surface area contributed by atoms with E-state index in [1.165, 1.54) is 0 Å². The summed E-state index contributed by atoms with van der Waals surface area (Å²) in [6.45, 7) is 4.14. The molecule has 0 amide bonds. The molecule has 2 aromatic rings. The van der Waals surface area contributed by atoms with Crippen LogP contribution in [0.2, 0.25) is 0 Å². The highest BCUT2D eigenvalue weighted by Crippen LogP contribution is 2.71. The Balaban J connectivity index is 1.27. The number of halogens is 2. The molecule has 0 bridgehead atoms. The number of piperidine rings is 1. The van der Waals surface area contributed by atoms with Gasteiger partial charge in [-0.1, -0.05) is 6.92 Å². The van der Waals surface area contributed by atoms with Crippen molar-refractivity contribution < 1.29 is 13.9 Å². The molecule has 3 aliphatic rings. The topological polar surface area (TPSA) is 77.1 Å². The Bertz CT molecular complexity index is 886. The van der Waals surface area contributed by atoms with Gasteiger partial charge in [0.1, 0.15) is 5.52 Å². The van der Waals surface area contributed by atoms with Crippen LogP contribution in [-0.2, 0) is 0 Å². The molecule has 6 nitrogen and oxygen atoms in total. The summed E-state index contributed by atoms with van der Waals surface area (Å²) in [6, 6.07) is 1.97. The van der Waals surface area contributed by atoms with E-state index < -0.39 is 11.3 Å². The van der Waals surface area contributed by atoms with E-state index in [0.29, 0.717) is 30.6 Å². The lowest BCUT2D eigenvalue weighted by Crippen LogP contribution is -2.40. The third-order valence-corrected chi connectivity index (χ3v) is 7.17. The van der Waals surface area contributed by atoms with Gasteiger partial charge in [0, 0.05) is 43.8 Å². The van der Waals surface area contributed by atoms with Crippen LogP contribution in [0.3, 0.4) is 0 Å². The molecule has 1 spiro atoms. The number of fused-ring (bicyclic) bond motifs is 1. The molecule has 3 fully saturated rings. The summed E-state index contributed by atoms with van der Waals surface area (Å²) in [5.74, 6) is -0.0663. The van der Waals surface area contributed by atoms with Crippen molar-refractivity contribution >= 4 is 22.8 Å². The SMILES string of the molecule is CC(CO)CC1CCN(c2nc(NC3CC4(C3)CC4(F)F)c3[nH]ccc3n2)CC1. The largest absolute Gasteiger partial charge is 0.396 e. The summed E-state index contributed by atoms with van der Waals surface area (Å²) in [5.41, 5.74) is 0.936. The lowest BCUT2D eigenvalue weighted by molar-refractivity contribution is 0.0247. The summed E-state index contributed by atoms with van der Waals surface area (Å²) >= 11 is 0. The molecular weight excluding hydrogens is 376 g/mol. The van der Waals surface area contributed by atoms with Gasteiger partial charge in [0.15, 0.2) is 5.82 Å². The average Bonchev–Trinajstić information content (AvgIpc) is 3.02. The Morgan fingerprint density at radius 1 is 1.31 bits per heavy atom. The van der Waals surface area contributed by atoms with Gasteiger partial charge in [-0.2, -0.15) is 4.98 Å². The number of nitrogens with zero attached hydrogens (tertiary/aromatic N) is 3. The van der Waals surface area contributed by atoms with Crippen molar-refractivity contribution in [3.8, 4) is 0 Å². The maximum absolute atomic E-state index is 13.5. The highest BCUT2D eigenvalue weighted by Gasteiger charge is 2.75. The van der Waals surface area contributed by atoms with Crippen LogP contribution >= 0.6 is 0 Å². The van der Waals surface area contributed by atoms with E-state index in [1.807, 2.05) is 12.3 Å². The third-order valence-electron chi connectivity index (χ3n) is 7.17. The highest BCUT2D eigenvalue weighted by atomic mass is 19.3. The molecule has 1 unspecified atom stereocenters. The lowest BCUT2D eigenvalue weighted by atomic mass is 9.76. The van der Waals surface area contributed by atoms with Crippen LogP contribution in [0, 0.1) is 17.3 Å². The van der Waals surface area contributed by atoms with E-state index in [0.717, 1.165) is 49.2 Å². The minimum Gasteiger partial charge on any atom is -0.396 e. The first-order valence-electron chi connectivity index (χ1n) is 10.7. The zero-order valence-electron chi connectivity index (χ0n) is 16.8. The van der Waals surface area contributed by atoms with Gasteiger partial charge < -0.3 is 20.3 Å². The fourth-order valence-corrected chi connectivity index (χ4v) is 5.19.